The van der Waals surface area contributed by atoms with E-state index < -0.39 is 0 Å². The average molecular weight is 342 g/mol. The van der Waals surface area contributed by atoms with Crippen LogP contribution in [-0.2, 0) is 6.42 Å². The molecule has 22 heavy (non-hydrogen) atoms. The van der Waals surface area contributed by atoms with E-state index in [0.29, 0.717) is 13.0 Å². The molecule has 0 aromatic heterocycles. The maximum atomic E-state index is 10.1. The zero-order chi connectivity index (χ0) is 15.0. The number of hydrogen-bond donors (Lipinski definition) is 4. The number of halogens is 2. The van der Waals surface area contributed by atoms with Crippen molar-refractivity contribution < 1.29 is 15.3 Å². The van der Waals surface area contributed by atoms with Gasteiger partial charge in [-0.15, -0.1) is 12.4 Å². The highest BCUT2D eigenvalue weighted by atomic mass is 35.5. The van der Waals surface area contributed by atoms with Crippen LogP contribution in [0.5, 0.6) is 17.2 Å². The Labute approximate surface area is 139 Å². The molecule has 0 amide bonds. The summed E-state index contributed by atoms with van der Waals surface area (Å²) in [6.45, 7) is 1.35. The summed E-state index contributed by atoms with van der Waals surface area (Å²) in [6.07, 6.45) is 0.659. The molecular weight excluding hydrogens is 325 g/mol. The second-order valence-corrected chi connectivity index (χ2v) is 5.57. The molecule has 4 nitrogen and oxygen atoms in total. The molecule has 0 saturated carbocycles. The van der Waals surface area contributed by atoms with Crippen molar-refractivity contribution in [1.29, 1.82) is 0 Å². The molecule has 1 atom stereocenters. The maximum Gasteiger partial charge on any atom is 0.176 e. The van der Waals surface area contributed by atoms with Crippen LogP contribution in [0.25, 0.3) is 0 Å². The summed E-state index contributed by atoms with van der Waals surface area (Å²) < 4.78 is 0. The number of hydrogen-bond acceptors (Lipinski definition) is 4. The third kappa shape index (κ3) is 2.82. The Bertz CT molecular complexity index is 691. The van der Waals surface area contributed by atoms with Crippen LogP contribution in [0.15, 0.2) is 30.3 Å². The number of nitrogens with one attached hydrogen (secondary N) is 1. The fraction of sp³-hybridized carbons (Fsp3) is 0.250. The predicted molar refractivity (Wildman–Crippen MR) is 88.6 cm³/mol. The van der Waals surface area contributed by atoms with Crippen molar-refractivity contribution in [3.63, 3.8) is 0 Å². The van der Waals surface area contributed by atoms with Gasteiger partial charge in [0.2, 0.25) is 0 Å². The van der Waals surface area contributed by atoms with Gasteiger partial charge < -0.3 is 20.6 Å². The van der Waals surface area contributed by atoms with Gasteiger partial charge in [0.1, 0.15) is 5.75 Å². The van der Waals surface area contributed by atoms with Crippen LogP contribution in [0.3, 0.4) is 0 Å². The molecule has 2 aromatic rings. The minimum atomic E-state index is -0.284. The van der Waals surface area contributed by atoms with E-state index in [1.54, 1.807) is 18.2 Å². The number of benzene rings is 2. The van der Waals surface area contributed by atoms with Gasteiger partial charge in [0, 0.05) is 18.0 Å². The zero-order valence-electron chi connectivity index (χ0n) is 11.7. The van der Waals surface area contributed by atoms with Crippen molar-refractivity contribution in [3.8, 4) is 17.2 Å². The van der Waals surface area contributed by atoms with E-state index in [4.69, 9.17) is 11.6 Å². The van der Waals surface area contributed by atoms with Crippen LogP contribution in [0.2, 0.25) is 5.02 Å². The number of phenolic OH excluding ortho intramolecular Hbond substituents is 3. The van der Waals surface area contributed by atoms with Crippen molar-refractivity contribution in [2.45, 2.75) is 12.3 Å². The van der Waals surface area contributed by atoms with Gasteiger partial charge in [0.05, 0.1) is 5.02 Å². The van der Waals surface area contributed by atoms with E-state index in [1.165, 1.54) is 0 Å². The van der Waals surface area contributed by atoms with E-state index in [2.05, 4.69) is 5.32 Å². The Hall–Kier alpha value is -1.62. The highest BCUT2D eigenvalue weighted by Gasteiger charge is 2.26. The van der Waals surface area contributed by atoms with Gasteiger partial charge in [-0.05, 0) is 36.2 Å². The summed E-state index contributed by atoms with van der Waals surface area (Å²) in [5.74, 6) is -0.442. The summed E-state index contributed by atoms with van der Waals surface area (Å²) in [5.41, 5.74) is 2.42. The molecule has 0 bridgehead atoms. The first-order valence-corrected chi connectivity index (χ1v) is 7.19. The summed E-state index contributed by atoms with van der Waals surface area (Å²) in [6, 6.07) is 8.67. The van der Waals surface area contributed by atoms with E-state index in [0.717, 1.165) is 23.2 Å². The minimum Gasteiger partial charge on any atom is -0.508 e. The Morgan fingerprint density at radius 3 is 2.50 bits per heavy atom. The molecule has 118 valence electrons. The molecule has 4 N–H and O–H groups in total. The Morgan fingerprint density at radius 2 is 1.77 bits per heavy atom. The Balaban J connectivity index is 0.00000176. The molecule has 0 radical (unpaired) electrons. The fourth-order valence-electron chi connectivity index (χ4n) is 2.88. The van der Waals surface area contributed by atoms with Gasteiger partial charge in [-0.2, -0.15) is 0 Å². The van der Waals surface area contributed by atoms with Gasteiger partial charge >= 0.3 is 0 Å². The van der Waals surface area contributed by atoms with Crippen molar-refractivity contribution >= 4 is 24.0 Å². The van der Waals surface area contributed by atoms with E-state index in [9.17, 15) is 15.3 Å². The molecule has 6 heteroatoms. The molecule has 2 aromatic carbocycles. The predicted octanol–water partition coefficient (Wildman–Crippen LogP) is 3.16. The first-order chi connectivity index (χ1) is 10.1. The van der Waals surface area contributed by atoms with Crippen molar-refractivity contribution in [3.05, 3.63) is 52.0 Å². The lowest BCUT2D eigenvalue weighted by atomic mass is 9.87. The molecule has 1 heterocycles. The zero-order valence-corrected chi connectivity index (χ0v) is 13.3. The van der Waals surface area contributed by atoms with Crippen molar-refractivity contribution in [1.82, 2.24) is 5.32 Å². The van der Waals surface area contributed by atoms with Crippen LogP contribution in [0.4, 0.5) is 0 Å². The molecule has 3 rings (SSSR count). The quantitative estimate of drug-likeness (QED) is 0.601. The van der Waals surface area contributed by atoms with E-state index in [-0.39, 0.29) is 40.6 Å². The molecule has 0 fully saturated rings. The molecule has 1 aliphatic heterocycles. The Morgan fingerprint density at radius 1 is 1.05 bits per heavy atom. The molecule has 0 spiro atoms. The van der Waals surface area contributed by atoms with Gasteiger partial charge in [-0.25, -0.2) is 0 Å². The summed E-state index contributed by atoms with van der Waals surface area (Å²) >= 11 is 6.18. The molecule has 1 unspecified atom stereocenters. The fourth-order valence-corrected chi connectivity index (χ4v) is 3.18. The molecule has 0 saturated heterocycles. The number of aromatic hydroxyl groups is 3. The van der Waals surface area contributed by atoms with Crippen molar-refractivity contribution in [2.75, 3.05) is 13.1 Å². The minimum absolute atomic E-state index is 0. The normalized spacial score (nSPS) is 17.2. The molecule has 0 aliphatic carbocycles. The van der Waals surface area contributed by atoms with Crippen LogP contribution in [-0.4, -0.2) is 28.4 Å². The molecule has 1 aliphatic rings. The number of para-hydroxylation sites is 1. The second kappa shape index (κ2) is 6.65. The number of phenols is 3. The highest BCUT2D eigenvalue weighted by molar-refractivity contribution is 6.33. The SMILES string of the molecule is Cl.Oc1ccccc1C1CNCCc2c1cc(O)c(O)c2Cl. The van der Waals surface area contributed by atoms with Gasteiger partial charge in [-0.3, -0.25) is 0 Å². The summed E-state index contributed by atoms with van der Waals surface area (Å²) in [5, 5.41) is 33.3. The summed E-state index contributed by atoms with van der Waals surface area (Å²) in [7, 11) is 0. The lowest BCUT2D eigenvalue weighted by molar-refractivity contribution is 0.402. The molecular formula is C16H17Cl2NO3. The Kier molecular flexibility index (Phi) is 5.06. The van der Waals surface area contributed by atoms with E-state index in [1.807, 2.05) is 12.1 Å². The first kappa shape index (κ1) is 16.7. The standard InChI is InChI=1S/C16H16ClNO3.ClH/c17-15-10-5-6-18-8-12(9-3-1-2-4-13(9)19)11(10)7-14(20)16(15)21;/h1-4,7,12,18-21H,5-6,8H2;1H. The van der Waals surface area contributed by atoms with Crippen LogP contribution in [0, 0.1) is 0 Å². The van der Waals surface area contributed by atoms with Gasteiger partial charge in [0.25, 0.3) is 0 Å². The van der Waals surface area contributed by atoms with Crippen LogP contribution < -0.4 is 5.32 Å². The smallest absolute Gasteiger partial charge is 0.176 e. The first-order valence-electron chi connectivity index (χ1n) is 6.81. The second-order valence-electron chi connectivity index (χ2n) is 5.19. The lowest BCUT2D eigenvalue weighted by Gasteiger charge is -2.20. The summed E-state index contributed by atoms with van der Waals surface area (Å²) in [4.78, 5) is 0. The van der Waals surface area contributed by atoms with Gasteiger partial charge in [-0.1, -0.05) is 29.8 Å². The van der Waals surface area contributed by atoms with Crippen LogP contribution >= 0.6 is 24.0 Å². The average Bonchev–Trinajstić information content (AvgIpc) is 2.68. The third-order valence-electron chi connectivity index (χ3n) is 3.94. The monoisotopic (exact) mass is 341 g/mol. The highest BCUT2D eigenvalue weighted by Crippen LogP contribution is 2.43. The number of fused-ring (bicyclic) bond motifs is 1. The van der Waals surface area contributed by atoms with Gasteiger partial charge in [0.15, 0.2) is 11.5 Å². The third-order valence-corrected chi connectivity index (χ3v) is 4.35. The van der Waals surface area contributed by atoms with E-state index >= 15 is 0 Å². The lowest BCUT2D eigenvalue weighted by Crippen LogP contribution is -2.20. The number of rotatable bonds is 1. The van der Waals surface area contributed by atoms with Crippen LogP contribution in [0.1, 0.15) is 22.6 Å². The largest absolute Gasteiger partial charge is 0.508 e. The maximum absolute atomic E-state index is 10.1. The van der Waals surface area contributed by atoms with Crippen molar-refractivity contribution in [2.24, 2.45) is 0 Å². The topological polar surface area (TPSA) is 72.7 Å².